The first kappa shape index (κ1) is 26.2. The van der Waals surface area contributed by atoms with Gasteiger partial charge >= 0.3 is 12.0 Å². The molecule has 2 aromatic carbocycles. The van der Waals surface area contributed by atoms with Crippen molar-refractivity contribution in [2.45, 2.75) is 20.3 Å². The molecule has 3 rings (SSSR count). The summed E-state index contributed by atoms with van der Waals surface area (Å²) in [5.41, 5.74) is 2.04. The van der Waals surface area contributed by atoms with Crippen LogP contribution in [0.25, 0.3) is 6.08 Å². The van der Waals surface area contributed by atoms with E-state index < -0.39 is 30.4 Å². The molecule has 1 aliphatic rings. The van der Waals surface area contributed by atoms with Crippen molar-refractivity contribution in [2.24, 2.45) is 0 Å². The van der Waals surface area contributed by atoms with E-state index in [9.17, 15) is 19.2 Å². The predicted molar refractivity (Wildman–Crippen MR) is 134 cm³/mol. The van der Waals surface area contributed by atoms with Crippen LogP contribution in [-0.2, 0) is 25.5 Å². The number of aryl methyl sites for hydroxylation is 1. The summed E-state index contributed by atoms with van der Waals surface area (Å²) in [7, 11) is 0. The Kier molecular flexibility index (Phi) is 8.89. The van der Waals surface area contributed by atoms with E-state index in [1.807, 2.05) is 19.1 Å². The van der Waals surface area contributed by atoms with E-state index in [2.05, 4.69) is 26.6 Å². The molecule has 0 radical (unpaired) electrons. The third kappa shape index (κ3) is 6.61. The number of para-hydroxylation sites is 1. The molecule has 0 atom stereocenters. The largest absolute Gasteiger partial charge is 0.479 e. The van der Waals surface area contributed by atoms with Crippen LogP contribution in [0.5, 0.6) is 5.75 Å². The molecule has 0 spiro atoms. The van der Waals surface area contributed by atoms with E-state index >= 15 is 0 Å². The number of nitrogens with one attached hydrogen (secondary N) is 2. The number of imide groups is 1. The third-order valence-electron chi connectivity index (χ3n) is 4.91. The number of benzene rings is 2. The maximum absolute atomic E-state index is 12.8. The Morgan fingerprint density at radius 2 is 1.94 bits per heavy atom. The van der Waals surface area contributed by atoms with E-state index in [-0.39, 0.29) is 29.7 Å². The van der Waals surface area contributed by atoms with Crippen LogP contribution in [0.1, 0.15) is 25.0 Å². The molecule has 0 saturated carbocycles. The van der Waals surface area contributed by atoms with E-state index in [4.69, 9.17) is 21.1 Å². The van der Waals surface area contributed by atoms with Crippen molar-refractivity contribution in [3.05, 3.63) is 62.7 Å². The first-order chi connectivity index (χ1) is 16.7. The lowest BCUT2D eigenvalue weighted by atomic mass is 10.1. The van der Waals surface area contributed by atoms with Gasteiger partial charge in [-0.1, -0.05) is 36.7 Å². The van der Waals surface area contributed by atoms with Crippen molar-refractivity contribution >= 4 is 63.1 Å². The van der Waals surface area contributed by atoms with Gasteiger partial charge in [0.15, 0.2) is 12.4 Å². The van der Waals surface area contributed by atoms with E-state index in [1.54, 1.807) is 25.1 Å². The second-order valence-corrected chi connectivity index (χ2v) is 8.61. The fourth-order valence-electron chi connectivity index (χ4n) is 3.30. The van der Waals surface area contributed by atoms with Gasteiger partial charge < -0.3 is 20.1 Å². The summed E-state index contributed by atoms with van der Waals surface area (Å²) >= 11 is 9.60. The fourth-order valence-corrected chi connectivity index (χ4v) is 4.29. The van der Waals surface area contributed by atoms with Crippen molar-refractivity contribution in [1.29, 1.82) is 0 Å². The molecular weight excluding hydrogens is 542 g/mol. The number of carbonyl (C=O) groups is 4. The summed E-state index contributed by atoms with van der Waals surface area (Å²) in [6, 6.07) is 9.72. The van der Waals surface area contributed by atoms with Crippen molar-refractivity contribution in [1.82, 2.24) is 10.2 Å². The van der Waals surface area contributed by atoms with Crippen LogP contribution < -0.4 is 15.4 Å². The molecule has 2 N–H and O–H groups in total. The maximum atomic E-state index is 12.8. The Labute approximate surface area is 215 Å². The van der Waals surface area contributed by atoms with E-state index in [0.717, 1.165) is 16.9 Å². The number of amides is 4. The number of halogens is 2. The second kappa shape index (κ2) is 11.9. The molecule has 2 aromatic rings. The molecule has 35 heavy (non-hydrogen) atoms. The van der Waals surface area contributed by atoms with Gasteiger partial charge in [-0.3, -0.25) is 9.59 Å². The molecule has 9 nitrogen and oxygen atoms in total. The number of rotatable bonds is 9. The van der Waals surface area contributed by atoms with E-state index in [0.29, 0.717) is 15.7 Å². The highest BCUT2D eigenvalue weighted by atomic mass is 79.9. The van der Waals surface area contributed by atoms with E-state index in [1.165, 1.54) is 12.1 Å². The predicted octanol–water partition coefficient (Wildman–Crippen LogP) is 4.14. The summed E-state index contributed by atoms with van der Waals surface area (Å²) in [5.74, 6) is -1.45. The molecule has 1 saturated heterocycles. The number of carbonyl (C=O) groups excluding carboxylic acids is 4. The van der Waals surface area contributed by atoms with Crippen molar-refractivity contribution in [3.8, 4) is 5.75 Å². The number of esters is 1. The fraction of sp³-hybridized carbons (Fsp3) is 0.250. The van der Waals surface area contributed by atoms with Gasteiger partial charge in [-0.15, -0.1) is 0 Å². The number of ether oxygens (including phenoxy) is 2. The Bertz CT molecular complexity index is 1180. The zero-order valence-corrected chi connectivity index (χ0v) is 21.4. The van der Waals surface area contributed by atoms with Gasteiger partial charge in [-0.25, -0.2) is 14.5 Å². The average molecular weight is 565 g/mol. The maximum Gasteiger partial charge on any atom is 0.344 e. The van der Waals surface area contributed by atoms with Crippen molar-refractivity contribution in [3.63, 3.8) is 0 Å². The molecule has 1 fully saturated rings. The minimum Gasteiger partial charge on any atom is -0.479 e. The topological polar surface area (TPSA) is 114 Å². The standard InChI is InChI=1S/C24H23BrClN3O6/c1-3-15-7-5-6-8-18(15)27-20(30)12-29-23(32)19(28-24(29)33)11-14-9-16(25)22(17(26)10-14)35-13-21(31)34-4-2/h5-11H,3-4,12-13H2,1-2H3,(H,27,30)(H,28,33)/b19-11+. The quantitative estimate of drug-likeness (QED) is 0.269. The minimum atomic E-state index is -0.709. The Morgan fingerprint density at radius 3 is 2.63 bits per heavy atom. The van der Waals surface area contributed by atoms with Crippen LogP contribution in [0.4, 0.5) is 10.5 Å². The van der Waals surface area contributed by atoms with Crippen molar-refractivity contribution in [2.75, 3.05) is 25.1 Å². The first-order valence-electron chi connectivity index (χ1n) is 10.7. The molecule has 1 heterocycles. The number of urea groups is 1. The third-order valence-corrected chi connectivity index (χ3v) is 5.78. The number of hydrogen-bond acceptors (Lipinski definition) is 6. The molecule has 0 aliphatic carbocycles. The molecule has 4 amide bonds. The van der Waals surface area contributed by atoms with Crippen LogP contribution in [-0.4, -0.2) is 48.5 Å². The molecule has 184 valence electrons. The highest BCUT2D eigenvalue weighted by Gasteiger charge is 2.35. The minimum absolute atomic E-state index is 0.0140. The van der Waals surface area contributed by atoms with Crippen LogP contribution in [0.15, 0.2) is 46.6 Å². The van der Waals surface area contributed by atoms with Gasteiger partial charge in [0, 0.05) is 5.69 Å². The van der Waals surface area contributed by atoms with Gasteiger partial charge in [0.05, 0.1) is 16.1 Å². The summed E-state index contributed by atoms with van der Waals surface area (Å²) < 4.78 is 10.7. The van der Waals surface area contributed by atoms with Gasteiger partial charge in [-0.2, -0.15) is 0 Å². The number of anilines is 1. The zero-order chi connectivity index (χ0) is 25.5. The lowest BCUT2D eigenvalue weighted by molar-refractivity contribution is -0.145. The molecular formula is C24H23BrClN3O6. The first-order valence-corrected chi connectivity index (χ1v) is 11.9. The Balaban J connectivity index is 1.70. The molecule has 0 aromatic heterocycles. The second-order valence-electron chi connectivity index (χ2n) is 7.35. The summed E-state index contributed by atoms with van der Waals surface area (Å²) in [4.78, 5) is 50.0. The highest BCUT2D eigenvalue weighted by molar-refractivity contribution is 9.10. The zero-order valence-electron chi connectivity index (χ0n) is 19.0. The van der Waals surface area contributed by atoms with Crippen LogP contribution in [0, 0.1) is 0 Å². The molecule has 1 aliphatic heterocycles. The number of hydrogen-bond donors (Lipinski definition) is 2. The lowest BCUT2D eigenvalue weighted by Crippen LogP contribution is -2.38. The summed E-state index contributed by atoms with van der Waals surface area (Å²) in [6.07, 6.45) is 2.15. The number of nitrogens with zero attached hydrogens (tertiary/aromatic N) is 1. The average Bonchev–Trinajstić information content (AvgIpc) is 3.06. The van der Waals surface area contributed by atoms with Crippen molar-refractivity contribution < 1.29 is 28.7 Å². The SMILES string of the molecule is CCOC(=O)COc1c(Cl)cc(/C=C2/NC(=O)N(CC(=O)Nc3ccccc3CC)C2=O)cc1Br. The highest BCUT2D eigenvalue weighted by Crippen LogP contribution is 2.35. The van der Waals surface area contributed by atoms with Gasteiger partial charge in [0.25, 0.3) is 5.91 Å². The van der Waals surface area contributed by atoms with Crippen LogP contribution in [0.2, 0.25) is 5.02 Å². The Hall–Kier alpha value is -3.37. The smallest absolute Gasteiger partial charge is 0.344 e. The summed E-state index contributed by atoms with van der Waals surface area (Å²) in [5, 5.41) is 5.39. The molecule has 11 heteroatoms. The lowest BCUT2D eigenvalue weighted by Gasteiger charge is -2.13. The summed E-state index contributed by atoms with van der Waals surface area (Å²) in [6.45, 7) is 3.12. The van der Waals surface area contributed by atoms with Gasteiger partial charge in [0.1, 0.15) is 12.2 Å². The Morgan fingerprint density at radius 1 is 1.20 bits per heavy atom. The monoisotopic (exact) mass is 563 g/mol. The normalized spacial score (nSPS) is 14.2. The van der Waals surface area contributed by atoms with Gasteiger partial charge in [-0.05, 0) is 64.7 Å². The van der Waals surface area contributed by atoms with Gasteiger partial charge in [0.2, 0.25) is 5.91 Å². The molecule has 0 bridgehead atoms. The molecule has 0 unspecified atom stereocenters. The van der Waals surface area contributed by atoms with Crippen LogP contribution in [0.3, 0.4) is 0 Å². The van der Waals surface area contributed by atoms with Crippen LogP contribution >= 0.6 is 27.5 Å².